The highest BCUT2D eigenvalue weighted by molar-refractivity contribution is 7.09. The van der Waals surface area contributed by atoms with Crippen molar-refractivity contribution >= 4 is 34.0 Å². The Balaban J connectivity index is 1.34. The van der Waals surface area contributed by atoms with Crippen molar-refractivity contribution in [3.63, 3.8) is 0 Å². The van der Waals surface area contributed by atoms with E-state index >= 15 is 0 Å². The summed E-state index contributed by atoms with van der Waals surface area (Å²) in [4.78, 5) is 35.6. The first-order valence-corrected chi connectivity index (χ1v) is 12.2. The van der Waals surface area contributed by atoms with Gasteiger partial charge in [0.05, 0.1) is 18.6 Å². The average Bonchev–Trinajstić information content (AvgIpc) is 3.45. The number of hydrogen-bond acceptors (Lipinski definition) is 6. The number of nitrogens with zero attached hydrogens (tertiary/aromatic N) is 2. The number of carbonyl (C=O) groups is 2. The Morgan fingerprint density at radius 3 is 2.61 bits per heavy atom. The number of methoxy groups -OCH3 is 1. The Bertz CT molecular complexity index is 1140. The van der Waals surface area contributed by atoms with Gasteiger partial charge in [0.15, 0.2) is 0 Å². The van der Waals surface area contributed by atoms with E-state index in [2.05, 4.69) is 46.7 Å². The minimum atomic E-state index is -0.660. The van der Waals surface area contributed by atoms with Gasteiger partial charge in [-0.05, 0) is 46.7 Å². The molecule has 0 radical (unpaired) electrons. The third-order valence-corrected chi connectivity index (χ3v) is 7.86. The number of benzene rings is 2. The van der Waals surface area contributed by atoms with Gasteiger partial charge >= 0.3 is 5.97 Å². The van der Waals surface area contributed by atoms with Crippen molar-refractivity contribution < 1.29 is 19.2 Å². The maximum absolute atomic E-state index is 13.0. The number of fused-ring (bicyclic) bond motifs is 1. The molecule has 0 N–H and O–H groups in total. The fourth-order valence-electron chi connectivity index (χ4n) is 5.22. The minimum Gasteiger partial charge on any atom is -0.469 e. The van der Waals surface area contributed by atoms with E-state index in [0.717, 1.165) is 30.6 Å². The highest BCUT2D eigenvalue weighted by atomic mass is 32.1. The summed E-state index contributed by atoms with van der Waals surface area (Å²) in [6.07, 6.45) is 1.50. The molecule has 2 saturated heterocycles. The van der Waals surface area contributed by atoms with Gasteiger partial charge in [-0.15, -0.1) is 11.3 Å². The van der Waals surface area contributed by atoms with Crippen LogP contribution >= 0.6 is 11.3 Å². The number of rotatable bonds is 6. The van der Waals surface area contributed by atoms with Gasteiger partial charge in [-0.25, -0.2) is 5.06 Å². The van der Waals surface area contributed by atoms with Crippen LogP contribution in [0.25, 0.3) is 10.8 Å². The largest absolute Gasteiger partial charge is 0.469 e. The number of amides is 1. The molecule has 0 saturated carbocycles. The van der Waals surface area contributed by atoms with E-state index in [9.17, 15) is 9.59 Å². The first kappa shape index (κ1) is 22.1. The summed E-state index contributed by atoms with van der Waals surface area (Å²) < 4.78 is 5.10. The number of esters is 1. The Kier molecular flexibility index (Phi) is 6.19. The summed E-state index contributed by atoms with van der Waals surface area (Å²) in [6, 6.07) is 18.6. The number of hydroxylamine groups is 2. The fraction of sp³-hybridized carbons (Fsp3) is 0.385. The van der Waals surface area contributed by atoms with Gasteiger partial charge in [-0.1, -0.05) is 42.5 Å². The summed E-state index contributed by atoms with van der Waals surface area (Å²) in [5.74, 6) is -0.972. The number of thiophene rings is 1. The summed E-state index contributed by atoms with van der Waals surface area (Å²) in [5.41, 5.74) is 0.334. The van der Waals surface area contributed by atoms with Crippen LogP contribution in [0, 0.1) is 5.92 Å². The Hall–Kier alpha value is -2.74. The summed E-state index contributed by atoms with van der Waals surface area (Å²) in [5, 5.41) is 5.91. The number of carbonyl (C=O) groups excluding carboxylic acids is 2. The lowest BCUT2D eigenvalue weighted by molar-refractivity contribution is -0.229. The minimum absolute atomic E-state index is 0.134. The van der Waals surface area contributed by atoms with Crippen molar-refractivity contribution in [1.82, 2.24) is 9.96 Å². The molecule has 0 unspecified atom stereocenters. The maximum atomic E-state index is 13.0. The zero-order chi connectivity index (χ0) is 22.8. The highest BCUT2D eigenvalue weighted by Crippen LogP contribution is 2.45. The van der Waals surface area contributed by atoms with Gasteiger partial charge in [0.25, 0.3) is 0 Å². The second-order valence-corrected chi connectivity index (χ2v) is 9.91. The summed E-state index contributed by atoms with van der Waals surface area (Å²) in [7, 11) is 1.39. The van der Waals surface area contributed by atoms with E-state index in [4.69, 9.17) is 9.57 Å². The smallest absolute Gasteiger partial charge is 0.311 e. The molecule has 0 aliphatic carbocycles. The van der Waals surface area contributed by atoms with Crippen LogP contribution in [-0.2, 0) is 32.3 Å². The van der Waals surface area contributed by atoms with Crippen LogP contribution in [0.3, 0.4) is 0 Å². The molecule has 6 nitrogen and oxygen atoms in total. The molecule has 2 aliphatic heterocycles. The van der Waals surface area contributed by atoms with E-state index < -0.39 is 11.5 Å². The fourth-order valence-corrected chi connectivity index (χ4v) is 5.97. The first-order chi connectivity index (χ1) is 16.1. The quantitative estimate of drug-likeness (QED) is 0.507. The van der Waals surface area contributed by atoms with Gasteiger partial charge in [-0.3, -0.25) is 19.3 Å². The van der Waals surface area contributed by atoms with Crippen molar-refractivity contribution in [3.05, 3.63) is 70.4 Å². The van der Waals surface area contributed by atoms with Crippen LogP contribution < -0.4 is 0 Å². The molecule has 7 heteroatoms. The van der Waals surface area contributed by atoms with Crippen LogP contribution in [-0.4, -0.2) is 47.6 Å². The number of ether oxygens (including phenoxy) is 1. The van der Waals surface area contributed by atoms with E-state index in [-0.39, 0.29) is 24.9 Å². The normalized spacial score (nSPS) is 20.6. The SMILES string of the molecule is COC(=O)[C@H]1CC(=O)N(OCc2ccc3ccccc3c2)C12CCN(Cc1cccs1)CC2. The summed E-state index contributed by atoms with van der Waals surface area (Å²) >= 11 is 1.75. The molecule has 1 atom stereocenters. The number of piperidine rings is 1. The van der Waals surface area contributed by atoms with Crippen LogP contribution in [0.4, 0.5) is 0 Å². The lowest BCUT2D eigenvalue weighted by Gasteiger charge is -2.45. The molecule has 5 rings (SSSR count). The number of likely N-dealkylation sites (tertiary alicyclic amines) is 1. The Labute approximate surface area is 197 Å². The van der Waals surface area contributed by atoms with Gasteiger partial charge in [0, 0.05) is 30.9 Å². The molecule has 33 heavy (non-hydrogen) atoms. The highest BCUT2D eigenvalue weighted by Gasteiger charge is 2.58. The van der Waals surface area contributed by atoms with Crippen LogP contribution in [0.1, 0.15) is 29.7 Å². The van der Waals surface area contributed by atoms with E-state index in [1.807, 2.05) is 18.2 Å². The van der Waals surface area contributed by atoms with Crippen LogP contribution in [0.5, 0.6) is 0 Å². The molecule has 1 aromatic heterocycles. The second kappa shape index (κ2) is 9.25. The molecule has 2 aliphatic rings. The predicted octanol–water partition coefficient (Wildman–Crippen LogP) is 4.39. The standard InChI is InChI=1S/C26H28N2O4S/c1-31-25(30)23-16-24(29)28(32-18-19-8-9-20-5-2-3-6-21(20)15-19)26(23)10-12-27(13-11-26)17-22-7-4-14-33-22/h2-9,14-15,23H,10-13,16-18H2,1H3/t23-/m1/s1. The Morgan fingerprint density at radius 1 is 1.09 bits per heavy atom. The molecule has 2 aromatic carbocycles. The number of hydrogen-bond donors (Lipinski definition) is 0. The van der Waals surface area contributed by atoms with E-state index in [0.29, 0.717) is 12.8 Å². The average molecular weight is 465 g/mol. The van der Waals surface area contributed by atoms with E-state index in [1.54, 1.807) is 11.3 Å². The van der Waals surface area contributed by atoms with Gasteiger partial charge in [0.1, 0.15) is 6.61 Å². The molecule has 1 amide bonds. The van der Waals surface area contributed by atoms with Gasteiger partial charge in [0.2, 0.25) is 5.91 Å². The lowest BCUT2D eigenvalue weighted by atomic mass is 9.77. The van der Waals surface area contributed by atoms with Crippen molar-refractivity contribution in [2.45, 2.75) is 38.0 Å². The Morgan fingerprint density at radius 2 is 1.88 bits per heavy atom. The molecule has 3 aromatic rings. The topological polar surface area (TPSA) is 59.1 Å². The van der Waals surface area contributed by atoms with Gasteiger partial charge < -0.3 is 4.74 Å². The molecule has 3 heterocycles. The molecule has 2 fully saturated rings. The third-order valence-electron chi connectivity index (χ3n) is 7.00. The maximum Gasteiger partial charge on any atom is 0.311 e. The molecule has 0 bridgehead atoms. The van der Waals surface area contributed by atoms with E-state index in [1.165, 1.54) is 22.4 Å². The zero-order valence-corrected chi connectivity index (χ0v) is 19.6. The molecule has 172 valence electrons. The second-order valence-electron chi connectivity index (χ2n) is 8.88. The molecular weight excluding hydrogens is 436 g/mol. The first-order valence-electron chi connectivity index (χ1n) is 11.4. The van der Waals surface area contributed by atoms with Crippen molar-refractivity contribution in [2.24, 2.45) is 5.92 Å². The third kappa shape index (κ3) is 4.28. The van der Waals surface area contributed by atoms with Crippen molar-refractivity contribution in [1.29, 1.82) is 0 Å². The molecular formula is C26H28N2O4S. The lowest BCUT2D eigenvalue weighted by Crippen LogP contribution is -2.57. The van der Waals surface area contributed by atoms with Crippen LogP contribution in [0.15, 0.2) is 60.0 Å². The zero-order valence-electron chi connectivity index (χ0n) is 18.7. The van der Waals surface area contributed by atoms with Crippen molar-refractivity contribution in [3.8, 4) is 0 Å². The monoisotopic (exact) mass is 464 g/mol. The molecule has 1 spiro atoms. The summed E-state index contributed by atoms with van der Waals surface area (Å²) in [6.45, 7) is 2.77. The van der Waals surface area contributed by atoms with Crippen LogP contribution in [0.2, 0.25) is 0 Å². The predicted molar refractivity (Wildman–Crippen MR) is 127 cm³/mol. The van der Waals surface area contributed by atoms with Crippen molar-refractivity contribution in [2.75, 3.05) is 20.2 Å². The van der Waals surface area contributed by atoms with Gasteiger partial charge in [-0.2, -0.15) is 0 Å².